The quantitative estimate of drug-likeness (QED) is 0.792. The maximum Gasteiger partial charge on any atom is 0.471 e. The summed E-state index contributed by atoms with van der Waals surface area (Å²) in [6, 6.07) is 6.02. The van der Waals surface area contributed by atoms with Crippen LogP contribution in [0.5, 0.6) is 0 Å². The first-order valence-corrected chi connectivity index (χ1v) is 4.61. The molecular formula is C8H5F3INO. The third kappa shape index (κ3) is 3.17. The van der Waals surface area contributed by atoms with E-state index in [-0.39, 0.29) is 5.69 Å². The predicted molar refractivity (Wildman–Crippen MR) is 53.8 cm³/mol. The summed E-state index contributed by atoms with van der Waals surface area (Å²) in [5.41, 5.74) is 0.132. The molecule has 0 bridgehead atoms. The van der Waals surface area contributed by atoms with Gasteiger partial charge in [-0.1, -0.05) is 0 Å². The van der Waals surface area contributed by atoms with E-state index in [1.165, 1.54) is 12.1 Å². The van der Waals surface area contributed by atoms with Gasteiger partial charge in [-0.2, -0.15) is 13.2 Å². The van der Waals surface area contributed by atoms with E-state index in [0.717, 1.165) is 3.57 Å². The number of carbonyl (C=O) groups is 1. The van der Waals surface area contributed by atoms with Gasteiger partial charge >= 0.3 is 12.1 Å². The van der Waals surface area contributed by atoms with Gasteiger partial charge in [0, 0.05) is 9.26 Å². The highest BCUT2D eigenvalue weighted by molar-refractivity contribution is 14.1. The zero-order valence-corrected chi connectivity index (χ0v) is 8.89. The standard InChI is InChI=1S/C8H5F3INO/c9-8(10,11)7(14)13-6-3-1-5(12)2-4-6/h1-4H,(H,13,14)/i1+1,2+1,3+1,4+1,5+1,6+1. The van der Waals surface area contributed by atoms with Gasteiger partial charge in [0.15, 0.2) is 0 Å². The van der Waals surface area contributed by atoms with Crippen LogP contribution in [0.1, 0.15) is 0 Å². The molecule has 0 heterocycles. The lowest BCUT2D eigenvalue weighted by molar-refractivity contribution is -0.167. The molecule has 1 aromatic rings. The molecule has 0 saturated heterocycles. The minimum atomic E-state index is -4.84. The van der Waals surface area contributed by atoms with E-state index >= 15 is 0 Å². The molecule has 0 aliphatic heterocycles. The van der Waals surface area contributed by atoms with E-state index in [2.05, 4.69) is 0 Å². The number of benzene rings is 1. The summed E-state index contributed by atoms with van der Waals surface area (Å²) in [7, 11) is 0. The van der Waals surface area contributed by atoms with Crippen LogP contribution in [0, 0.1) is 3.57 Å². The van der Waals surface area contributed by atoms with Crippen LogP contribution in [-0.2, 0) is 4.79 Å². The van der Waals surface area contributed by atoms with Gasteiger partial charge in [0.05, 0.1) is 0 Å². The summed E-state index contributed by atoms with van der Waals surface area (Å²) >= 11 is 2.01. The summed E-state index contributed by atoms with van der Waals surface area (Å²) in [6.45, 7) is 0. The zero-order chi connectivity index (χ0) is 10.8. The molecule has 2 nitrogen and oxygen atoms in total. The van der Waals surface area contributed by atoms with Crippen LogP contribution in [0.3, 0.4) is 0 Å². The monoisotopic (exact) mass is 321 g/mol. The molecule has 1 aromatic carbocycles. The van der Waals surface area contributed by atoms with Crippen LogP contribution in [0.15, 0.2) is 24.3 Å². The van der Waals surface area contributed by atoms with Crippen molar-refractivity contribution in [1.82, 2.24) is 0 Å². The van der Waals surface area contributed by atoms with Crippen molar-refractivity contribution in [2.45, 2.75) is 6.18 Å². The van der Waals surface area contributed by atoms with E-state index in [4.69, 9.17) is 0 Å². The molecule has 0 spiro atoms. The van der Waals surface area contributed by atoms with Crippen molar-refractivity contribution >= 4 is 34.2 Å². The number of alkyl halides is 3. The third-order valence-corrected chi connectivity index (χ3v) is 2.08. The highest BCUT2D eigenvalue weighted by Gasteiger charge is 2.38. The Balaban J connectivity index is 2.71. The van der Waals surface area contributed by atoms with Crippen LogP contribution < -0.4 is 5.32 Å². The second-order valence-electron chi connectivity index (χ2n) is 2.46. The molecule has 0 saturated carbocycles. The number of hydrogen-bond donors (Lipinski definition) is 1. The first-order valence-electron chi connectivity index (χ1n) is 3.53. The Morgan fingerprint density at radius 2 is 1.71 bits per heavy atom. The van der Waals surface area contributed by atoms with Gasteiger partial charge in [-0.05, 0) is 46.9 Å². The lowest BCUT2D eigenvalue weighted by Crippen LogP contribution is -2.29. The fourth-order valence-corrected chi connectivity index (χ4v) is 1.09. The number of anilines is 1. The molecule has 1 amide bonds. The maximum absolute atomic E-state index is 11.8. The van der Waals surface area contributed by atoms with Crippen molar-refractivity contribution in [3.8, 4) is 0 Å². The molecule has 0 unspecified atom stereocenters. The van der Waals surface area contributed by atoms with Gasteiger partial charge in [-0.25, -0.2) is 0 Å². The van der Waals surface area contributed by atoms with Gasteiger partial charge < -0.3 is 5.32 Å². The average Bonchev–Trinajstić information content (AvgIpc) is 2.07. The second kappa shape index (κ2) is 4.16. The molecule has 0 atom stereocenters. The summed E-state index contributed by atoms with van der Waals surface area (Å²) in [4.78, 5) is 10.5. The minimum absolute atomic E-state index is 0.132. The molecule has 6 heteroatoms. The average molecular weight is 321 g/mol. The van der Waals surface area contributed by atoms with E-state index in [1.54, 1.807) is 17.4 Å². The fourth-order valence-electron chi connectivity index (χ4n) is 0.735. The van der Waals surface area contributed by atoms with Gasteiger partial charge in [-0.3, -0.25) is 4.79 Å². The first-order chi connectivity index (χ1) is 6.39. The Hall–Kier alpha value is -0.790. The second-order valence-corrected chi connectivity index (χ2v) is 3.70. The largest absolute Gasteiger partial charge is 0.471 e. The van der Waals surface area contributed by atoms with Gasteiger partial charge in [-0.15, -0.1) is 0 Å². The Labute approximate surface area is 91.6 Å². The van der Waals surface area contributed by atoms with E-state index < -0.39 is 12.1 Å². The minimum Gasteiger partial charge on any atom is -0.318 e. The Kier molecular flexibility index (Phi) is 3.35. The van der Waals surface area contributed by atoms with Crippen LogP contribution in [-0.4, -0.2) is 12.1 Å². The number of amides is 1. The zero-order valence-electron chi connectivity index (χ0n) is 6.73. The molecule has 0 aliphatic rings. The van der Waals surface area contributed by atoms with Crippen LogP contribution in [0.2, 0.25) is 0 Å². The molecule has 0 aliphatic carbocycles. The van der Waals surface area contributed by atoms with Gasteiger partial charge in [0.1, 0.15) is 0 Å². The van der Waals surface area contributed by atoms with Crippen LogP contribution in [0.25, 0.3) is 0 Å². The molecule has 0 fully saturated rings. The van der Waals surface area contributed by atoms with Crippen molar-refractivity contribution in [2.24, 2.45) is 0 Å². The fraction of sp³-hybridized carbons (Fsp3) is 0.125. The summed E-state index contributed by atoms with van der Waals surface area (Å²) < 4.78 is 36.3. The lowest BCUT2D eigenvalue weighted by atomic mass is 10.6. The van der Waals surface area contributed by atoms with Gasteiger partial charge in [0.25, 0.3) is 0 Å². The molecule has 1 N–H and O–H groups in total. The lowest BCUT2D eigenvalue weighted by Gasteiger charge is -2.07. The smallest absolute Gasteiger partial charge is 0.318 e. The highest BCUT2D eigenvalue weighted by atomic mass is 127. The van der Waals surface area contributed by atoms with Crippen molar-refractivity contribution < 1.29 is 18.0 Å². The van der Waals surface area contributed by atoms with Crippen molar-refractivity contribution in [2.75, 3.05) is 5.32 Å². The van der Waals surface area contributed by atoms with E-state index in [0.29, 0.717) is 0 Å². The number of carbonyl (C=O) groups excluding carboxylic acids is 1. The summed E-state index contributed by atoms with van der Waals surface area (Å²) in [6.07, 6.45) is -4.84. The Bertz CT molecular complexity index is 333. The molecule has 0 radical (unpaired) electrons. The topological polar surface area (TPSA) is 29.1 Å². The van der Waals surface area contributed by atoms with E-state index in [9.17, 15) is 18.0 Å². The van der Waals surface area contributed by atoms with Gasteiger partial charge in [0.2, 0.25) is 0 Å². The van der Waals surface area contributed by atoms with Crippen molar-refractivity contribution in [3.63, 3.8) is 0 Å². The SMILES string of the molecule is O=C(N[13c]1[13cH][13cH][13c](I)[13cH][13cH]1)C(F)(F)F. The first kappa shape index (κ1) is 11.3. The van der Waals surface area contributed by atoms with Crippen LogP contribution >= 0.6 is 22.6 Å². The maximum atomic E-state index is 11.8. The predicted octanol–water partition coefficient (Wildman–Crippen LogP) is 2.79. The molecule has 76 valence electrons. The van der Waals surface area contributed by atoms with Crippen molar-refractivity contribution in [3.05, 3.63) is 27.8 Å². The number of halogens is 4. The number of nitrogens with one attached hydrogen (secondary N) is 1. The normalized spacial score (nSPS) is 11.1. The molecular weight excluding hydrogens is 316 g/mol. The van der Waals surface area contributed by atoms with E-state index in [1.807, 2.05) is 22.6 Å². The molecule has 1 rings (SSSR count). The third-order valence-electron chi connectivity index (χ3n) is 1.36. The summed E-state index contributed by atoms with van der Waals surface area (Å²) in [5.74, 6) is -1.96. The van der Waals surface area contributed by atoms with Crippen LogP contribution in [0.4, 0.5) is 18.9 Å². The number of rotatable bonds is 1. The Morgan fingerprint density at radius 1 is 1.21 bits per heavy atom. The highest BCUT2D eigenvalue weighted by Crippen LogP contribution is 2.18. The molecule has 0 aromatic heterocycles. The number of hydrogen-bond acceptors (Lipinski definition) is 1. The molecule has 14 heavy (non-hydrogen) atoms. The van der Waals surface area contributed by atoms with Crippen molar-refractivity contribution in [1.29, 1.82) is 0 Å². The Morgan fingerprint density at radius 3 is 2.14 bits per heavy atom. The summed E-state index contributed by atoms with van der Waals surface area (Å²) in [5, 5.41) is 1.74.